The third-order valence-electron chi connectivity index (χ3n) is 10.3. The van der Waals surface area contributed by atoms with Gasteiger partial charge in [-0.1, -0.05) is 210 Å². The van der Waals surface area contributed by atoms with E-state index in [-0.39, 0.29) is 31.1 Å². The van der Waals surface area contributed by atoms with Crippen molar-refractivity contribution in [3.8, 4) is 0 Å². The van der Waals surface area contributed by atoms with Gasteiger partial charge in [0.25, 0.3) is 0 Å². The number of unbranched alkanes of at least 4 members (excludes halogenated alkanes) is 22. The molecule has 0 heterocycles. The van der Waals surface area contributed by atoms with Crippen molar-refractivity contribution in [2.24, 2.45) is 0 Å². The number of carbonyl (C=O) groups excluding carboxylic acids is 3. The number of carbonyl (C=O) groups is 3. The molecule has 0 rings (SSSR count). The molecule has 1 unspecified atom stereocenters. The summed E-state index contributed by atoms with van der Waals surface area (Å²) >= 11 is 0. The van der Waals surface area contributed by atoms with Crippen LogP contribution in [0.1, 0.15) is 233 Å². The van der Waals surface area contributed by atoms with E-state index in [9.17, 15) is 14.4 Å². The lowest BCUT2D eigenvalue weighted by Gasteiger charge is -2.18. The number of hydrogen-bond donors (Lipinski definition) is 0. The second-order valence-corrected chi connectivity index (χ2v) is 16.0. The lowest BCUT2D eigenvalue weighted by atomic mass is 10.1. The topological polar surface area (TPSA) is 78.9 Å². The van der Waals surface area contributed by atoms with Crippen LogP contribution in [0.5, 0.6) is 0 Å². The van der Waals surface area contributed by atoms with Crippen LogP contribution >= 0.6 is 0 Å². The average molecular weight is 811 g/mol. The van der Waals surface area contributed by atoms with Gasteiger partial charge in [0.15, 0.2) is 6.10 Å². The standard InChI is InChI=1S/C52H90O6/c1-4-7-10-13-16-18-20-21-22-23-24-25-26-27-28-29-30-31-33-34-36-39-42-45-51(54)57-48-49(47-56-50(53)44-41-38-15-12-9-6-3)58-52(55)46-43-40-37-35-32-19-17-14-11-8-5-2/h7,10,16,18,21-22,24-25,27-28,49H,4-6,8-9,11-15,17,19-20,23,26,29-48H2,1-3H3/b10-7-,18-16-,22-21-,25-24-,28-27-. The lowest BCUT2D eigenvalue weighted by Crippen LogP contribution is -2.30. The van der Waals surface area contributed by atoms with Crippen LogP contribution in [0, 0.1) is 0 Å². The molecule has 1 atom stereocenters. The molecule has 0 saturated carbocycles. The lowest BCUT2D eigenvalue weighted by molar-refractivity contribution is -0.167. The summed E-state index contributed by atoms with van der Waals surface area (Å²) in [5.74, 6) is -0.897. The average Bonchev–Trinajstić information content (AvgIpc) is 3.22. The number of ether oxygens (including phenoxy) is 3. The minimum absolute atomic E-state index is 0.0764. The van der Waals surface area contributed by atoms with Crippen LogP contribution in [-0.2, 0) is 28.6 Å². The molecular weight excluding hydrogens is 721 g/mol. The third kappa shape index (κ3) is 44.2. The third-order valence-corrected chi connectivity index (χ3v) is 10.3. The van der Waals surface area contributed by atoms with Gasteiger partial charge in [-0.3, -0.25) is 14.4 Å². The summed E-state index contributed by atoms with van der Waals surface area (Å²) in [4.78, 5) is 37.6. The summed E-state index contributed by atoms with van der Waals surface area (Å²) in [5, 5.41) is 0. The quantitative estimate of drug-likeness (QED) is 0.0264. The fraction of sp³-hybridized carbons (Fsp3) is 0.750. The number of rotatable bonds is 43. The second-order valence-electron chi connectivity index (χ2n) is 16.0. The molecule has 0 N–H and O–H groups in total. The summed E-state index contributed by atoms with van der Waals surface area (Å²) in [5.41, 5.74) is 0. The first-order valence-electron chi connectivity index (χ1n) is 24.3. The highest BCUT2D eigenvalue weighted by atomic mass is 16.6. The van der Waals surface area contributed by atoms with Gasteiger partial charge >= 0.3 is 17.9 Å². The molecule has 0 bridgehead atoms. The monoisotopic (exact) mass is 811 g/mol. The van der Waals surface area contributed by atoms with Crippen LogP contribution in [0.4, 0.5) is 0 Å². The van der Waals surface area contributed by atoms with Gasteiger partial charge in [0, 0.05) is 19.3 Å². The van der Waals surface area contributed by atoms with Gasteiger partial charge in [0.2, 0.25) is 0 Å². The SMILES string of the molecule is CC/C=C\C/C=C\C/C=C\C/C=C\C/C=C\CCCCCCCCCC(=O)OCC(COC(=O)CCCCCCCC)OC(=O)CCCCCCCCCCCCC. The first-order chi connectivity index (χ1) is 28.5. The van der Waals surface area contributed by atoms with Gasteiger partial charge < -0.3 is 14.2 Å². The van der Waals surface area contributed by atoms with Crippen LogP contribution in [0.15, 0.2) is 60.8 Å². The molecule has 0 saturated heterocycles. The molecule has 0 fully saturated rings. The van der Waals surface area contributed by atoms with E-state index in [2.05, 4.69) is 81.5 Å². The van der Waals surface area contributed by atoms with Crippen molar-refractivity contribution >= 4 is 17.9 Å². The molecule has 0 aliphatic rings. The molecule has 0 aromatic carbocycles. The van der Waals surface area contributed by atoms with Gasteiger partial charge in [-0.15, -0.1) is 0 Å². The Balaban J connectivity index is 4.18. The van der Waals surface area contributed by atoms with Crippen LogP contribution in [0.3, 0.4) is 0 Å². The van der Waals surface area contributed by atoms with Crippen molar-refractivity contribution in [3.63, 3.8) is 0 Å². The van der Waals surface area contributed by atoms with Gasteiger partial charge in [-0.25, -0.2) is 0 Å². The highest BCUT2D eigenvalue weighted by Gasteiger charge is 2.19. The van der Waals surface area contributed by atoms with E-state index < -0.39 is 6.10 Å². The van der Waals surface area contributed by atoms with Crippen LogP contribution in [0.2, 0.25) is 0 Å². The second kappa shape index (κ2) is 46.8. The molecule has 0 aromatic heterocycles. The molecule has 334 valence electrons. The summed E-state index contributed by atoms with van der Waals surface area (Å²) in [7, 11) is 0. The van der Waals surface area contributed by atoms with Crippen LogP contribution in [-0.4, -0.2) is 37.2 Å². The molecule has 0 aromatic rings. The first-order valence-corrected chi connectivity index (χ1v) is 24.3. The van der Waals surface area contributed by atoms with Gasteiger partial charge in [-0.05, 0) is 64.2 Å². The molecule has 0 aliphatic heterocycles. The zero-order valence-corrected chi connectivity index (χ0v) is 38.0. The minimum Gasteiger partial charge on any atom is -0.462 e. The van der Waals surface area contributed by atoms with Crippen molar-refractivity contribution in [2.45, 2.75) is 239 Å². The molecule has 0 amide bonds. The van der Waals surface area contributed by atoms with Crippen molar-refractivity contribution in [1.82, 2.24) is 0 Å². The van der Waals surface area contributed by atoms with Crippen LogP contribution < -0.4 is 0 Å². The van der Waals surface area contributed by atoms with E-state index >= 15 is 0 Å². The smallest absolute Gasteiger partial charge is 0.306 e. The Morgan fingerprint density at radius 3 is 1.05 bits per heavy atom. The number of esters is 3. The van der Waals surface area contributed by atoms with E-state index in [1.165, 1.54) is 96.3 Å². The highest BCUT2D eigenvalue weighted by Crippen LogP contribution is 2.14. The first kappa shape index (κ1) is 55.1. The predicted molar refractivity (Wildman–Crippen MR) is 247 cm³/mol. The maximum Gasteiger partial charge on any atom is 0.306 e. The minimum atomic E-state index is -0.771. The normalized spacial score (nSPS) is 12.5. The van der Waals surface area contributed by atoms with Crippen LogP contribution in [0.25, 0.3) is 0 Å². The zero-order chi connectivity index (χ0) is 42.3. The van der Waals surface area contributed by atoms with Gasteiger partial charge in [-0.2, -0.15) is 0 Å². The predicted octanol–water partition coefficient (Wildman–Crippen LogP) is 15.7. The highest BCUT2D eigenvalue weighted by molar-refractivity contribution is 5.71. The molecule has 0 radical (unpaired) electrons. The summed E-state index contributed by atoms with van der Waals surface area (Å²) < 4.78 is 16.6. The van der Waals surface area contributed by atoms with E-state index in [0.29, 0.717) is 19.3 Å². The molecule has 0 spiro atoms. The fourth-order valence-corrected chi connectivity index (χ4v) is 6.64. The zero-order valence-electron chi connectivity index (χ0n) is 38.0. The number of hydrogen-bond acceptors (Lipinski definition) is 6. The molecule has 0 aliphatic carbocycles. The fourth-order valence-electron chi connectivity index (χ4n) is 6.64. The van der Waals surface area contributed by atoms with E-state index in [1.807, 2.05) is 0 Å². The molecule has 6 nitrogen and oxygen atoms in total. The number of allylic oxidation sites excluding steroid dienone is 10. The summed E-state index contributed by atoms with van der Waals surface area (Å²) in [6.45, 7) is 6.44. The van der Waals surface area contributed by atoms with Gasteiger partial charge in [0.1, 0.15) is 13.2 Å². The van der Waals surface area contributed by atoms with E-state index in [0.717, 1.165) is 96.3 Å². The Morgan fingerprint density at radius 1 is 0.362 bits per heavy atom. The Labute approximate surface area is 358 Å². The van der Waals surface area contributed by atoms with Crippen molar-refractivity contribution < 1.29 is 28.6 Å². The summed E-state index contributed by atoms with van der Waals surface area (Å²) in [6, 6.07) is 0. The maximum atomic E-state index is 12.7. The Kier molecular flexibility index (Phi) is 44.5. The maximum absolute atomic E-state index is 12.7. The van der Waals surface area contributed by atoms with Crippen molar-refractivity contribution in [1.29, 1.82) is 0 Å². The molecule has 6 heteroatoms. The molecular formula is C52H90O6. The Morgan fingerprint density at radius 2 is 0.672 bits per heavy atom. The van der Waals surface area contributed by atoms with E-state index in [1.54, 1.807) is 0 Å². The summed E-state index contributed by atoms with van der Waals surface area (Å²) in [6.07, 6.45) is 56.6. The van der Waals surface area contributed by atoms with Crippen molar-refractivity contribution in [2.75, 3.05) is 13.2 Å². The van der Waals surface area contributed by atoms with E-state index in [4.69, 9.17) is 14.2 Å². The van der Waals surface area contributed by atoms with Gasteiger partial charge in [0.05, 0.1) is 0 Å². The Hall–Kier alpha value is -2.89. The Bertz CT molecular complexity index is 1070. The van der Waals surface area contributed by atoms with Crippen molar-refractivity contribution in [3.05, 3.63) is 60.8 Å². The largest absolute Gasteiger partial charge is 0.462 e. The molecule has 58 heavy (non-hydrogen) atoms.